The van der Waals surface area contributed by atoms with Crippen molar-refractivity contribution in [1.29, 1.82) is 0 Å². The van der Waals surface area contributed by atoms with Gasteiger partial charge in [0.25, 0.3) is 5.95 Å². The molecule has 2 N–H and O–H groups in total. The summed E-state index contributed by atoms with van der Waals surface area (Å²) in [6.07, 6.45) is 0. The predicted molar refractivity (Wildman–Crippen MR) is 121 cm³/mol. The maximum atomic E-state index is 13.2. The lowest BCUT2D eigenvalue weighted by molar-refractivity contribution is 0.102. The number of Topliss-reactive ketones (excluding diaryl/α,β-unsaturated/α-hetero) is 1. The highest BCUT2D eigenvalue weighted by Gasteiger charge is 2.19. The number of nitrogens with zero attached hydrogens (tertiary/aromatic N) is 6. The molecule has 4 aromatic rings. The molecule has 0 atom stereocenters. The lowest BCUT2D eigenvalue weighted by Crippen LogP contribution is -2.17. The van der Waals surface area contributed by atoms with Gasteiger partial charge in [-0.3, -0.25) is 4.79 Å². The Morgan fingerprint density at radius 3 is 2.44 bits per heavy atom. The second-order valence-corrected chi connectivity index (χ2v) is 8.64. The first-order chi connectivity index (χ1) is 15.2. The second-order valence-electron chi connectivity index (χ2n) is 7.70. The molecule has 4 rings (SSSR count). The van der Waals surface area contributed by atoms with Crippen molar-refractivity contribution in [3.05, 3.63) is 76.1 Å². The topological polar surface area (TPSA) is 96.5 Å². The summed E-state index contributed by atoms with van der Waals surface area (Å²) < 4.78 is 18.2. The van der Waals surface area contributed by atoms with Crippen LogP contribution in [0.5, 0.6) is 0 Å². The van der Waals surface area contributed by atoms with E-state index in [0.29, 0.717) is 23.2 Å². The quantitative estimate of drug-likeness (QED) is 0.262. The smallest absolute Gasteiger partial charge is 0.271 e. The number of ketones is 1. The number of hydrogen-bond donors (Lipinski definition) is 1. The van der Waals surface area contributed by atoms with Crippen molar-refractivity contribution in [2.24, 2.45) is 0 Å². The van der Waals surface area contributed by atoms with Crippen LogP contribution in [-0.2, 0) is 6.54 Å². The average molecular weight is 454 g/mol. The van der Waals surface area contributed by atoms with Crippen molar-refractivity contribution < 1.29 is 9.18 Å². The Kier molecular flexibility index (Phi) is 5.88. The summed E-state index contributed by atoms with van der Waals surface area (Å²) in [5, 5.41) is 13.0. The van der Waals surface area contributed by atoms with Crippen LogP contribution in [-0.4, -0.2) is 40.8 Å². The molecular weight excluding hydrogens is 429 g/mol. The third-order valence-electron chi connectivity index (χ3n) is 5.31. The molecule has 0 amide bonds. The summed E-state index contributed by atoms with van der Waals surface area (Å²) >= 11 is 1.23. The Morgan fingerprint density at radius 1 is 1.06 bits per heavy atom. The summed E-state index contributed by atoms with van der Waals surface area (Å²) in [6, 6.07) is 10.2. The maximum absolute atomic E-state index is 13.2. The number of rotatable bonds is 7. The molecule has 1 aromatic carbocycles. The lowest BCUT2D eigenvalue weighted by atomic mass is 10.2. The van der Waals surface area contributed by atoms with Gasteiger partial charge in [-0.1, -0.05) is 23.9 Å². The van der Waals surface area contributed by atoms with Crippen molar-refractivity contribution in [3.63, 3.8) is 0 Å². The zero-order chi connectivity index (χ0) is 23.0. The summed E-state index contributed by atoms with van der Waals surface area (Å²) in [5.41, 5.74) is 5.20. The molecule has 0 aliphatic heterocycles. The Bertz CT molecular complexity index is 1290. The standard InChI is InChI=1S/C22H24FN7OS/c1-13-9-15(3)30(27-13)21-25-26-22(29(21)24)32-12-20(31)19-10-14(2)28(16(19)4)11-17-5-7-18(23)8-6-17/h5-10H,11-12,24H2,1-4H3. The molecular formula is C22H24FN7OS. The van der Waals surface area contributed by atoms with Gasteiger partial charge in [0, 0.05) is 29.2 Å². The van der Waals surface area contributed by atoms with Gasteiger partial charge in [0.15, 0.2) is 5.78 Å². The molecule has 0 aliphatic carbocycles. The van der Waals surface area contributed by atoms with E-state index in [1.807, 2.05) is 39.8 Å². The number of carbonyl (C=O) groups excluding carboxylic acids is 1. The molecule has 0 unspecified atom stereocenters. The number of nitrogens with two attached hydrogens (primary N) is 1. The molecule has 0 radical (unpaired) electrons. The maximum Gasteiger partial charge on any atom is 0.271 e. The third kappa shape index (κ3) is 4.18. The molecule has 10 heteroatoms. The second kappa shape index (κ2) is 8.62. The molecule has 0 fully saturated rings. The third-order valence-corrected chi connectivity index (χ3v) is 6.25. The first-order valence-corrected chi connectivity index (χ1v) is 11.0. The minimum absolute atomic E-state index is 0.0240. The summed E-state index contributed by atoms with van der Waals surface area (Å²) in [5.74, 6) is 6.44. The van der Waals surface area contributed by atoms with E-state index in [2.05, 4.69) is 19.9 Å². The molecule has 166 valence electrons. The number of hydrogen-bond acceptors (Lipinski definition) is 6. The number of halogens is 1. The zero-order valence-electron chi connectivity index (χ0n) is 18.3. The molecule has 0 aliphatic rings. The van der Waals surface area contributed by atoms with Gasteiger partial charge in [0.1, 0.15) is 5.82 Å². The van der Waals surface area contributed by atoms with Crippen molar-refractivity contribution in [2.45, 2.75) is 39.4 Å². The van der Waals surface area contributed by atoms with E-state index in [4.69, 9.17) is 5.84 Å². The highest BCUT2D eigenvalue weighted by molar-refractivity contribution is 7.99. The van der Waals surface area contributed by atoms with E-state index >= 15 is 0 Å². The molecule has 0 saturated heterocycles. The molecule has 0 spiro atoms. The Morgan fingerprint density at radius 2 is 1.78 bits per heavy atom. The minimum Gasteiger partial charge on any atom is -0.344 e. The minimum atomic E-state index is -0.267. The van der Waals surface area contributed by atoms with Crippen molar-refractivity contribution >= 4 is 17.5 Å². The van der Waals surface area contributed by atoms with Crippen LogP contribution in [0.15, 0.2) is 41.6 Å². The van der Waals surface area contributed by atoms with E-state index in [9.17, 15) is 9.18 Å². The van der Waals surface area contributed by atoms with Crippen LogP contribution in [0, 0.1) is 33.5 Å². The number of aromatic nitrogens is 6. The van der Waals surface area contributed by atoms with Gasteiger partial charge < -0.3 is 10.4 Å². The van der Waals surface area contributed by atoms with Crippen molar-refractivity contribution in [2.75, 3.05) is 11.6 Å². The number of carbonyl (C=O) groups is 1. The van der Waals surface area contributed by atoms with Gasteiger partial charge in [0.05, 0.1) is 11.4 Å². The van der Waals surface area contributed by atoms with Gasteiger partial charge in [-0.05, 0) is 57.5 Å². The molecule has 3 heterocycles. The summed E-state index contributed by atoms with van der Waals surface area (Å²) in [6.45, 7) is 8.24. The van der Waals surface area contributed by atoms with E-state index in [-0.39, 0.29) is 17.4 Å². The monoisotopic (exact) mass is 453 g/mol. The average Bonchev–Trinajstić information content (AvgIpc) is 3.37. The Hall–Kier alpha value is -3.40. The van der Waals surface area contributed by atoms with E-state index in [1.165, 1.54) is 28.6 Å². The van der Waals surface area contributed by atoms with Crippen LogP contribution in [0.1, 0.15) is 38.7 Å². The summed E-state index contributed by atoms with van der Waals surface area (Å²) in [7, 11) is 0. The molecule has 0 bridgehead atoms. The molecule has 32 heavy (non-hydrogen) atoms. The van der Waals surface area contributed by atoms with Crippen LogP contribution in [0.3, 0.4) is 0 Å². The van der Waals surface area contributed by atoms with Crippen LogP contribution >= 0.6 is 11.8 Å². The highest BCUT2D eigenvalue weighted by Crippen LogP contribution is 2.22. The van der Waals surface area contributed by atoms with Crippen LogP contribution < -0.4 is 5.84 Å². The number of benzene rings is 1. The van der Waals surface area contributed by atoms with Gasteiger partial charge in [-0.2, -0.15) is 5.10 Å². The largest absolute Gasteiger partial charge is 0.344 e. The fraction of sp³-hybridized carbons (Fsp3) is 0.273. The number of aryl methyl sites for hydroxylation is 3. The van der Waals surface area contributed by atoms with Gasteiger partial charge in [-0.15, -0.1) is 10.2 Å². The Balaban J connectivity index is 1.48. The summed E-state index contributed by atoms with van der Waals surface area (Å²) in [4.78, 5) is 12.9. The Labute approximate surface area is 189 Å². The zero-order valence-corrected chi connectivity index (χ0v) is 19.1. The van der Waals surface area contributed by atoms with Gasteiger partial charge in [-0.25, -0.2) is 13.7 Å². The van der Waals surface area contributed by atoms with Gasteiger partial charge >= 0.3 is 0 Å². The van der Waals surface area contributed by atoms with Crippen LogP contribution in [0.4, 0.5) is 4.39 Å². The van der Waals surface area contributed by atoms with Crippen molar-refractivity contribution in [1.82, 2.24) is 29.2 Å². The van der Waals surface area contributed by atoms with Crippen molar-refractivity contribution in [3.8, 4) is 5.95 Å². The van der Waals surface area contributed by atoms with Gasteiger partial charge in [0.2, 0.25) is 5.16 Å². The number of thioether (sulfide) groups is 1. The first-order valence-electron chi connectivity index (χ1n) is 10.1. The lowest BCUT2D eigenvalue weighted by Gasteiger charge is -2.10. The molecule has 3 aromatic heterocycles. The first kappa shape index (κ1) is 21.8. The van der Waals surface area contributed by atoms with Crippen LogP contribution in [0.25, 0.3) is 5.95 Å². The SMILES string of the molecule is Cc1cc(C)n(-c2nnc(SCC(=O)c3cc(C)n(Cc4ccc(F)cc4)c3C)n2N)n1. The normalized spacial score (nSPS) is 11.3. The fourth-order valence-corrected chi connectivity index (χ4v) is 4.39. The van der Waals surface area contributed by atoms with E-state index in [1.54, 1.807) is 16.8 Å². The predicted octanol–water partition coefficient (Wildman–Crippen LogP) is 3.38. The molecule has 0 saturated carbocycles. The van der Waals surface area contributed by atoms with Crippen LogP contribution in [0.2, 0.25) is 0 Å². The molecule has 8 nitrogen and oxygen atoms in total. The van der Waals surface area contributed by atoms with E-state index in [0.717, 1.165) is 28.3 Å². The number of nitrogen functional groups attached to an aromatic ring is 1. The van der Waals surface area contributed by atoms with E-state index < -0.39 is 0 Å². The highest BCUT2D eigenvalue weighted by atomic mass is 32.2. The fourth-order valence-electron chi connectivity index (χ4n) is 3.65.